The van der Waals surface area contributed by atoms with Crippen molar-refractivity contribution in [1.82, 2.24) is 14.5 Å². The Kier molecular flexibility index (Phi) is 4.71. The predicted molar refractivity (Wildman–Crippen MR) is 90.8 cm³/mol. The molecule has 0 bridgehead atoms. The maximum absolute atomic E-state index is 5.96. The van der Waals surface area contributed by atoms with Crippen LogP contribution in [0.4, 0.5) is 0 Å². The number of hydrogen-bond donors (Lipinski definition) is 1. The number of nitrogens with two attached hydrogens (primary N) is 1. The Morgan fingerprint density at radius 1 is 1.32 bits per heavy atom. The van der Waals surface area contributed by atoms with Crippen molar-refractivity contribution in [3.05, 3.63) is 29.0 Å². The number of hydrogen-bond acceptors (Lipinski definition) is 5. The van der Waals surface area contributed by atoms with Gasteiger partial charge in [0.15, 0.2) is 0 Å². The number of ether oxygens (including phenoxy) is 1. The highest BCUT2D eigenvalue weighted by molar-refractivity contribution is 7.71. The Morgan fingerprint density at radius 3 is 2.82 bits per heavy atom. The zero-order valence-corrected chi connectivity index (χ0v) is 13.7. The summed E-state index contributed by atoms with van der Waals surface area (Å²) in [4.78, 5) is 6.87. The Hall–Kier alpha value is -1.50. The van der Waals surface area contributed by atoms with Crippen LogP contribution in [-0.2, 0) is 6.54 Å². The highest BCUT2D eigenvalue weighted by Crippen LogP contribution is 2.20. The number of rotatable bonds is 4. The van der Waals surface area contributed by atoms with Crippen LogP contribution in [0.25, 0.3) is 11.0 Å². The van der Waals surface area contributed by atoms with E-state index < -0.39 is 0 Å². The van der Waals surface area contributed by atoms with Crippen LogP contribution in [-0.4, -0.2) is 47.2 Å². The number of fused-ring (bicyclic) bond motifs is 1. The minimum absolute atomic E-state index is 0.365. The van der Waals surface area contributed by atoms with Gasteiger partial charge in [-0.05, 0) is 38.1 Å². The molecule has 3 rings (SSSR count). The van der Waals surface area contributed by atoms with E-state index in [0.29, 0.717) is 6.04 Å². The predicted octanol–water partition coefficient (Wildman–Crippen LogP) is 2.20. The largest absolute Gasteiger partial charge is 0.497 e. The Balaban J connectivity index is 1.83. The van der Waals surface area contributed by atoms with Crippen LogP contribution >= 0.6 is 12.2 Å². The van der Waals surface area contributed by atoms with E-state index in [4.69, 9.17) is 22.7 Å². The molecule has 1 aromatic carbocycles. The molecule has 22 heavy (non-hydrogen) atoms. The van der Waals surface area contributed by atoms with Gasteiger partial charge in [0.1, 0.15) is 10.4 Å². The quantitative estimate of drug-likeness (QED) is 0.876. The van der Waals surface area contributed by atoms with Crippen LogP contribution in [0, 0.1) is 4.64 Å². The molecule has 0 amide bonds. The first kappa shape index (κ1) is 15.4. The van der Waals surface area contributed by atoms with Crippen LogP contribution in [0.2, 0.25) is 0 Å². The van der Waals surface area contributed by atoms with E-state index in [9.17, 15) is 0 Å². The van der Waals surface area contributed by atoms with Crippen LogP contribution < -0.4 is 10.5 Å². The molecule has 118 valence electrons. The van der Waals surface area contributed by atoms with Gasteiger partial charge in [-0.2, -0.15) is 0 Å². The molecule has 1 aliphatic rings. The highest BCUT2D eigenvalue weighted by atomic mass is 32.1. The molecule has 1 fully saturated rings. The summed E-state index contributed by atoms with van der Waals surface area (Å²) in [6.07, 6.45) is 3.92. The zero-order valence-electron chi connectivity index (χ0n) is 12.9. The van der Waals surface area contributed by atoms with E-state index in [-0.39, 0.29) is 0 Å². The fourth-order valence-corrected chi connectivity index (χ4v) is 3.16. The third-order valence-electron chi connectivity index (χ3n) is 4.33. The molecule has 1 aromatic heterocycles. The minimum atomic E-state index is 0.365. The molecular formula is C16H22N4OS. The van der Waals surface area contributed by atoms with Crippen LogP contribution in [0.15, 0.2) is 24.4 Å². The smallest absolute Gasteiger partial charge is 0.124 e. The number of piperidine rings is 1. The van der Waals surface area contributed by atoms with Crippen molar-refractivity contribution in [3.8, 4) is 5.75 Å². The molecule has 5 nitrogen and oxygen atoms in total. The maximum Gasteiger partial charge on any atom is 0.124 e. The van der Waals surface area contributed by atoms with Crippen molar-refractivity contribution in [2.75, 3.05) is 26.7 Å². The molecule has 0 atom stereocenters. The third kappa shape index (κ3) is 3.29. The number of benzene rings is 1. The molecule has 6 heteroatoms. The van der Waals surface area contributed by atoms with Crippen molar-refractivity contribution >= 4 is 23.3 Å². The van der Waals surface area contributed by atoms with E-state index >= 15 is 0 Å². The first-order valence-electron chi connectivity index (χ1n) is 7.69. The summed E-state index contributed by atoms with van der Waals surface area (Å²) in [6, 6.07) is 6.27. The van der Waals surface area contributed by atoms with Gasteiger partial charge in [-0.3, -0.25) is 4.98 Å². The molecule has 0 radical (unpaired) electrons. The molecule has 1 saturated heterocycles. The number of likely N-dealkylation sites (tertiary alicyclic amines) is 1. The van der Waals surface area contributed by atoms with Gasteiger partial charge < -0.3 is 19.9 Å². The summed E-state index contributed by atoms with van der Waals surface area (Å²) in [7, 11) is 1.67. The summed E-state index contributed by atoms with van der Waals surface area (Å²) in [5, 5.41) is 0. The minimum Gasteiger partial charge on any atom is -0.497 e. The van der Waals surface area contributed by atoms with Gasteiger partial charge in [-0.15, -0.1) is 0 Å². The summed E-state index contributed by atoms with van der Waals surface area (Å²) in [6.45, 7) is 3.99. The van der Waals surface area contributed by atoms with Crippen molar-refractivity contribution < 1.29 is 4.74 Å². The summed E-state index contributed by atoms with van der Waals surface area (Å²) in [5.74, 6) is 0.826. The number of aromatic nitrogens is 2. The lowest BCUT2D eigenvalue weighted by Crippen LogP contribution is -2.41. The normalized spacial score (nSPS) is 17.0. The van der Waals surface area contributed by atoms with Crippen molar-refractivity contribution in [3.63, 3.8) is 0 Å². The lowest BCUT2D eigenvalue weighted by Gasteiger charge is -2.30. The van der Waals surface area contributed by atoms with E-state index in [1.165, 1.54) is 0 Å². The number of nitrogens with zero attached hydrogens (tertiary/aromatic N) is 3. The molecule has 0 aliphatic carbocycles. The molecule has 0 saturated carbocycles. The topological polar surface area (TPSA) is 56.3 Å². The standard InChI is InChI=1S/C16H22N4OS/c1-21-13-2-3-14-15(10-13)20(16(22)11-18-14)9-8-19-6-4-12(17)5-7-19/h2-3,10-12H,4-9,17H2,1H3. The molecule has 0 spiro atoms. The van der Waals surface area contributed by atoms with Crippen molar-refractivity contribution in [2.24, 2.45) is 5.73 Å². The van der Waals surface area contributed by atoms with Gasteiger partial charge in [0.25, 0.3) is 0 Å². The second-order valence-electron chi connectivity index (χ2n) is 5.78. The lowest BCUT2D eigenvalue weighted by molar-refractivity contribution is 0.206. The zero-order chi connectivity index (χ0) is 15.5. The van der Waals surface area contributed by atoms with Gasteiger partial charge in [0.05, 0.1) is 24.3 Å². The Labute approximate surface area is 135 Å². The van der Waals surface area contributed by atoms with Gasteiger partial charge in [0.2, 0.25) is 0 Å². The highest BCUT2D eigenvalue weighted by Gasteiger charge is 2.15. The molecule has 2 aromatic rings. The summed E-state index contributed by atoms with van der Waals surface area (Å²) >= 11 is 5.47. The average molecular weight is 318 g/mol. The van der Waals surface area contributed by atoms with E-state index in [2.05, 4.69) is 14.5 Å². The van der Waals surface area contributed by atoms with Gasteiger partial charge in [0, 0.05) is 25.2 Å². The first-order valence-corrected chi connectivity index (χ1v) is 8.10. The Morgan fingerprint density at radius 2 is 2.09 bits per heavy atom. The molecule has 1 aliphatic heterocycles. The fraction of sp³-hybridized carbons (Fsp3) is 0.500. The van der Waals surface area contributed by atoms with Crippen LogP contribution in [0.3, 0.4) is 0 Å². The lowest BCUT2D eigenvalue weighted by atomic mass is 10.1. The molecule has 2 heterocycles. The van der Waals surface area contributed by atoms with Crippen molar-refractivity contribution in [1.29, 1.82) is 0 Å². The maximum atomic E-state index is 5.96. The van der Waals surface area contributed by atoms with E-state index in [1.807, 2.05) is 18.2 Å². The second-order valence-corrected chi connectivity index (χ2v) is 6.20. The fourth-order valence-electron chi connectivity index (χ4n) is 2.92. The van der Waals surface area contributed by atoms with Crippen LogP contribution in [0.1, 0.15) is 12.8 Å². The van der Waals surface area contributed by atoms with Gasteiger partial charge in [-0.25, -0.2) is 0 Å². The van der Waals surface area contributed by atoms with E-state index in [1.54, 1.807) is 13.3 Å². The third-order valence-corrected chi connectivity index (χ3v) is 4.65. The summed E-state index contributed by atoms with van der Waals surface area (Å²) in [5.41, 5.74) is 7.93. The first-order chi connectivity index (χ1) is 10.7. The number of methoxy groups -OCH3 is 1. The van der Waals surface area contributed by atoms with E-state index in [0.717, 1.165) is 60.4 Å². The monoisotopic (exact) mass is 318 g/mol. The van der Waals surface area contributed by atoms with Crippen LogP contribution in [0.5, 0.6) is 5.75 Å². The Bertz CT molecular complexity index is 707. The van der Waals surface area contributed by atoms with Crippen molar-refractivity contribution in [2.45, 2.75) is 25.4 Å². The molecular weight excluding hydrogens is 296 g/mol. The molecule has 2 N–H and O–H groups in total. The summed E-state index contributed by atoms with van der Waals surface area (Å²) < 4.78 is 8.23. The SMILES string of the molecule is COc1ccc2ncc(=S)n(CCN3CCC(N)CC3)c2c1. The average Bonchev–Trinajstić information content (AvgIpc) is 2.55. The van der Waals surface area contributed by atoms with Gasteiger partial charge in [-0.1, -0.05) is 12.2 Å². The second kappa shape index (κ2) is 6.73. The molecule has 0 unspecified atom stereocenters. The van der Waals surface area contributed by atoms with Gasteiger partial charge >= 0.3 is 0 Å².